The van der Waals surface area contributed by atoms with E-state index >= 15 is 0 Å². The summed E-state index contributed by atoms with van der Waals surface area (Å²) >= 11 is 5.98. The molecule has 2 rings (SSSR count). The van der Waals surface area contributed by atoms with Crippen molar-refractivity contribution in [3.8, 4) is 11.5 Å². The van der Waals surface area contributed by atoms with Crippen molar-refractivity contribution in [3.63, 3.8) is 0 Å². The number of methoxy groups -OCH3 is 1. The first kappa shape index (κ1) is 18.0. The Balaban J connectivity index is 2.17. The van der Waals surface area contributed by atoms with Crippen LogP contribution in [0.15, 0.2) is 42.5 Å². The molecular formula is C17H16ClF2NO3. The molecule has 2 aromatic carbocycles. The Morgan fingerprint density at radius 2 is 2.00 bits per heavy atom. The number of hydrogen-bond acceptors (Lipinski definition) is 3. The summed E-state index contributed by atoms with van der Waals surface area (Å²) in [5.74, 6) is 0.204. The lowest BCUT2D eigenvalue weighted by molar-refractivity contribution is -0.0499. The zero-order valence-electron chi connectivity index (χ0n) is 13.1. The first-order valence-corrected chi connectivity index (χ1v) is 7.41. The molecule has 2 aromatic rings. The Hall–Kier alpha value is -2.34. The smallest absolute Gasteiger partial charge is 0.387 e. The van der Waals surface area contributed by atoms with Gasteiger partial charge in [0.05, 0.1) is 7.11 Å². The predicted molar refractivity (Wildman–Crippen MR) is 86.9 cm³/mol. The highest BCUT2D eigenvalue weighted by molar-refractivity contribution is 6.30. The molecule has 0 atom stereocenters. The van der Waals surface area contributed by atoms with Crippen LogP contribution in [0.25, 0.3) is 0 Å². The molecule has 0 heterocycles. The molecule has 4 nitrogen and oxygen atoms in total. The molecule has 1 amide bonds. The maximum absolute atomic E-state index is 12.5. The van der Waals surface area contributed by atoms with E-state index in [0.29, 0.717) is 10.8 Å². The second-order valence-electron chi connectivity index (χ2n) is 5.02. The summed E-state index contributed by atoms with van der Waals surface area (Å²) in [6.07, 6.45) is 0. The number of amides is 1. The Morgan fingerprint density at radius 3 is 2.67 bits per heavy atom. The fraction of sp³-hybridized carbons (Fsp3) is 0.235. The van der Waals surface area contributed by atoms with Crippen LogP contribution < -0.4 is 9.47 Å². The lowest BCUT2D eigenvalue weighted by Gasteiger charge is -2.19. The van der Waals surface area contributed by atoms with Gasteiger partial charge >= 0.3 is 6.61 Å². The van der Waals surface area contributed by atoms with Crippen LogP contribution in [-0.2, 0) is 6.54 Å². The molecule has 0 unspecified atom stereocenters. The maximum atomic E-state index is 12.5. The van der Waals surface area contributed by atoms with Crippen LogP contribution in [0.1, 0.15) is 15.9 Å². The van der Waals surface area contributed by atoms with Gasteiger partial charge in [-0.2, -0.15) is 8.78 Å². The van der Waals surface area contributed by atoms with Crippen molar-refractivity contribution < 1.29 is 23.0 Å². The summed E-state index contributed by atoms with van der Waals surface area (Å²) in [7, 11) is 3.13. The van der Waals surface area contributed by atoms with E-state index in [-0.39, 0.29) is 23.8 Å². The molecule has 24 heavy (non-hydrogen) atoms. The molecule has 0 saturated carbocycles. The van der Waals surface area contributed by atoms with Gasteiger partial charge in [0.25, 0.3) is 5.91 Å². The minimum Gasteiger partial charge on any atom is -0.496 e. The number of nitrogens with zero attached hydrogens (tertiary/aromatic N) is 1. The number of rotatable bonds is 6. The summed E-state index contributed by atoms with van der Waals surface area (Å²) in [6.45, 7) is -2.69. The number of carbonyl (C=O) groups is 1. The van der Waals surface area contributed by atoms with Crippen LogP contribution in [0.4, 0.5) is 8.78 Å². The minimum absolute atomic E-state index is 0.0652. The summed E-state index contributed by atoms with van der Waals surface area (Å²) in [5, 5.41) is 0.527. The maximum Gasteiger partial charge on any atom is 0.387 e. The van der Waals surface area contributed by atoms with Gasteiger partial charge in [-0.1, -0.05) is 17.7 Å². The number of carbonyl (C=O) groups excluding carboxylic acids is 1. The summed E-state index contributed by atoms with van der Waals surface area (Å²) in [5.41, 5.74) is 0.984. The Morgan fingerprint density at radius 1 is 1.25 bits per heavy atom. The summed E-state index contributed by atoms with van der Waals surface area (Å²) < 4.78 is 34.1. The van der Waals surface area contributed by atoms with Gasteiger partial charge in [0, 0.05) is 29.7 Å². The van der Waals surface area contributed by atoms with Gasteiger partial charge < -0.3 is 14.4 Å². The van der Waals surface area contributed by atoms with E-state index in [1.807, 2.05) is 0 Å². The topological polar surface area (TPSA) is 38.8 Å². The molecule has 0 fully saturated rings. The van der Waals surface area contributed by atoms with E-state index in [4.69, 9.17) is 16.3 Å². The standard InChI is InChI=1S/C17H16ClF2NO3/c1-21(10-12-8-13(18)6-7-15(12)23-2)16(22)11-4-3-5-14(9-11)24-17(19)20/h3-9,17H,10H2,1-2H3. The van der Waals surface area contributed by atoms with Crippen LogP contribution in [0, 0.1) is 0 Å². The van der Waals surface area contributed by atoms with Gasteiger partial charge in [0.15, 0.2) is 0 Å². The quantitative estimate of drug-likeness (QED) is 0.778. The monoisotopic (exact) mass is 355 g/mol. The Labute approximate surface area is 143 Å². The molecule has 128 valence electrons. The molecule has 0 aliphatic carbocycles. The predicted octanol–water partition coefficient (Wildman–Crippen LogP) is 4.22. The van der Waals surface area contributed by atoms with E-state index in [0.717, 1.165) is 5.56 Å². The lowest BCUT2D eigenvalue weighted by atomic mass is 10.1. The van der Waals surface area contributed by atoms with Crippen LogP contribution in [0.3, 0.4) is 0 Å². The molecular weight excluding hydrogens is 340 g/mol. The lowest BCUT2D eigenvalue weighted by Crippen LogP contribution is -2.26. The molecule has 0 aliphatic heterocycles. The van der Waals surface area contributed by atoms with Crippen LogP contribution in [0.2, 0.25) is 5.02 Å². The van der Waals surface area contributed by atoms with Gasteiger partial charge in [-0.15, -0.1) is 0 Å². The fourth-order valence-electron chi connectivity index (χ4n) is 2.22. The first-order valence-electron chi connectivity index (χ1n) is 7.03. The van der Waals surface area contributed by atoms with E-state index in [9.17, 15) is 13.6 Å². The molecule has 0 radical (unpaired) electrons. The van der Waals surface area contributed by atoms with Crippen molar-refractivity contribution in [2.75, 3.05) is 14.2 Å². The minimum atomic E-state index is -2.94. The molecule has 0 N–H and O–H groups in total. The highest BCUT2D eigenvalue weighted by Crippen LogP contribution is 2.24. The van der Waals surface area contributed by atoms with Crippen LogP contribution in [0.5, 0.6) is 11.5 Å². The SMILES string of the molecule is COc1ccc(Cl)cc1CN(C)C(=O)c1cccc(OC(F)F)c1. The van der Waals surface area contributed by atoms with Crippen molar-refractivity contribution in [3.05, 3.63) is 58.6 Å². The first-order chi connectivity index (χ1) is 11.4. The average Bonchev–Trinajstić information content (AvgIpc) is 2.54. The summed E-state index contributed by atoms with van der Waals surface area (Å²) in [4.78, 5) is 13.9. The van der Waals surface area contributed by atoms with Gasteiger partial charge in [0.1, 0.15) is 11.5 Å². The average molecular weight is 356 g/mol. The van der Waals surface area contributed by atoms with E-state index < -0.39 is 6.61 Å². The molecule has 0 spiro atoms. The fourth-order valence-corrected chi connectivity index (χ4v) is 2.42. The number of alkyl halides is 2. The van der Waals surface area contributed by atoms with Gasteiger partial charge in [-0.05, 0) is 36.4 Å². The summed E-state index contributed by atoms with van der Waals surface area (Å²) in [6, 6.07) is 10.8. The highest BCUT2D eigenvalue weighted by Gasteiger charge is 2.16. The third-order valence-electron chi connectivity index (χ3n) is 3.30. The number of hydrogen-bond donors (Lipinski definition) is 0. The van der Waals surface area contributed by atoms with E-state index in [2.05, 4.69) is 4.74 Å². The second kappa shape index (κ2) is 7.97. The zero-order chi connectivity index (χ0) is 17.7. The molecule has 0 aliphatic rings. The number of benzene rings is 2. The zero-order valence-corrected chi connectivity index (χ0v) is 13.9. The molecule has 0 aromatic heterocycles. The van der Waals surface area contributed by atoms with E-state index in [1.54, 1.807) is 25.2 Å². The number of halogens is 3. The third kappa shape index (κ3) is 4.58. The molecule has 7 heteroatoms. The third-order valence-corrected chi connectivity index (χ3v) is 3.54. The van der Waals surface area contributed by atoms with Gasteiger partial charge in [-0.25, -0.2) is 0 Å². The van der Waals surface area contributed by atoms with Crippen molar-refractivity contribution in [1.82, 2.24) is 4.90 Å². The van der Waals surface area contributed by atoms with Crippen molar-refractivity contribution in [2.45, 2.75) is 13.2 Å². The van der Waals surface area contributed by atoms with Crippen LogP contribution in [-0.4, -0.2) is 31.6 Å². The molecule has 0 saturated heterocycles. The second-order valence-corrected chi connectivity index (χ2v) is 5.46. The van der Waals surface area contributed by atoms with Gasteiger partial charge in [0.2, 0.25) is 0 Å². The number of ether oxygens (including phenoxy) is 2. The highest BCUT2D eigenvalue weighted by atomic mass is 35.5. The Kier molecular flexibility index (Phi) is 5.98. The normalized spacial score (nSPS) is 10.6. The van der Waals surface area contributed by atoms with Crippen molar-refractivity contribution in [1.29, 1.82) is 0 Å². The van der Waals surface area contributed by atoms with Crippen molar-refractivity contribution in [2.24, 2.45) is 0 Å². The van der Waals surface area contributed by atoms with Gasteiger partial charge in [-0.3, -0.25) is 4.79 Å². The molecule has 0 bridgehead atoms. The van der Waals surface area contributed by atoms with Crippen molar-refractivity contribution >= 4 is 17.5 Å². The van der Waals surface area contributed by atoms with Crippen LogP contribution >= 0.6 is 11.6 Å². The largest absolute Gasteiger partial charge is 0.496 e. The van der Waals surface area contributed by atoms with E-state index in [1.165, 1.54) is 36.3 Å². The Bertz CT molecular complexity index is 725.